The molecule has 4 N–H and O–H groups in total. The van der Waals surface area contributed by atoms with Crippen molar-refractivity contribution in [2.45, 2.75) is 26.3 Å². The van der Waals surface area contributed by atoms with Gasteiger partial charge in [-0.1, -0.05) is 24.3 Å². The Morgan fingerprint density at radius 3 is 1.90 bits per heavy atom. The molecule has 0 saturated heterocycles. The SMILES string of the molecule is CC(C)(CO)NC(=O)C1=CCN=C1c1nc2ccccc2[nH]1.CCOC(=O)C1=CCN=C1c1nc2ccccc2[nH]1. The predicted octanol–water partition coefficient (Wildman–Crippen LogP) is 3.03. The highest BCUT2D eigenvalue weighted by molar-refractivity contribution is 6.28. The number of amides is 1. The number of nitrogens with one attached hydrogen (secondary N) is 3. The molecule has 0 bridgehead atoms. The van der Waals surface area contributed by atoms with E-state index < -0.39 is 5.54 Å². The number of aliphatic imine (C=N–C) groups is 2. The summed E-state index contributed by atoms with van der Waals surface area (Å²) < 4.78 is 5.02. The Morgan fingerprint density at radius 1 is 0.878 bits per heavy atom. The summed E-state index contributed by atoms with van der Waals surface area (Å²) in [6, 6.07) is 15.4. The number of ether oxygens (including phenoxy) is 1. The van der Waals surface area contributed by atoms with Gasteiger partial charge in [0.1, 0.15) is 11.4 Å². The number of H-pyrrole nitrogens is 2. The Hall–Kier alpha value is -4.90. The molecule has 4 aromatic rings. The number of carbonyl (C=O) groups excluding carboxylic acids is 2. The number of nitrogens with zero attached hydrogens (tertiary/aromatic N) is 4. The summed E-state index contributed by atoms with van der Waals surface area (Å²) in [7, 11) is 0. The van der Waals surface area contributed by atoms with Crippen LogP contribution in [0, 0.1) is 0 Å². The number of hydrogen-bond donors (Lipinski definition) is 4. The summed E-state index contributed by atoms with van der Waals surface area (Å²) in [5, 5.41) is 12.1. The van der Waals surface area contributed by atoms with Crippen LogP contribution in [0.3, 0.4) is 0 Å². The Balaban J connectivity index is 0.000000166. The summed E-state index contributed by atoms with van der Waals surface area (Å²) in [4.78, 5) is 48.2. The summed E-state index contributed by atoms with van der Waals surface area (Å²) in [5.74, 6) is 0.592. The smallest absolute Gasteiger partial charge is 0.340 e. The molecule has 0 fully saturated rings. The van der Waals surface area contributed by atoms with Crippen LogP contribution in [0.15, 0.2) is 81.8 Å². The summed E-state index contributed by atoms with van der Waals surface area (Å²) in [6.45, 7) is 6.46. The summed E-state index contributed by atoms with van der Waals surface area (Å²) in [6.07, 6.45) is 3.53. The van der Waals surface area contributed by atoms with Crippen LogP contribution in [0.2, 0.25) is 0 Å². The first kappa shape index (κ1) is 27.7. The van der Waals surface area contributed by atoms with Crippen molar-refractivity contribution < 1.29 is 19.4 Å². The number of aromatic nitrogens is 4. The van der Waals surface area contributed by atoms with E-state index in [1.807, 2.05) is 48.5 Å². The molecule has 0 spiro atoms. The Bertz CT molecular complexity index is 1670. The molecule has 11 nitrogen and oxygen atoms in total. The maximum absolute atomic E-state index is 12.4. The molecule has 41 heavy (non-hydrogen) atoms. The molecular formula is C30H31N7O4. The van der Waals surface area contributed by atoms with E-state index in [0.717, 1.165) is 22.1 Å². The van der Waals surface area contributed by atoms with Gasteiger partial charge in [0.25, 0.3) is 5.91 Å². The standard InChI is InChI=1S/C16H18N4O2.C14H13N3O2/c1-16(2,9-21)20-15(22)10-7-8-17-13(10)14-18-11-5-3-4-6-12(11)19-14;1-2-19-14(18)9-7-8-15-12(9)13-16-10-5-3-4-6-11(10)17-13/h3-7,21H,8-9H2,1-2H3,(H,18,19)(H,20,22);3-7H,2,8H2,1H3,(H,16,17). The molecule has 2 aliphatic heterocycles. The van der Waals surface area contributed by atoms with Crippen molar-refractivity contribution >= 4 is 45.4 Å². The largest absolute Gasteiger partial charge is 0.462 e. The second-order valence-electron chi connectivity index (χ2n) is 10.0. The number of esters is 1. The highest BCUT2D eigenvalue weighted by atomic mass is 16.5. The lowest BCUT2D eigenvalue weighted by Crippen LogP contribution is -2.47. The molecule has 210 valence electrons. The summed E-state index contributed by atoms with van der Waals surface area (Å²) >= 11 is 0. The van der Waals surface area contributed by atoms with E-state index in [2.05, 4.69) is 35.2 Å². The van der Waals surface area contributed by atoms with Gasteiger partial charge in [-0.3, -0.25) is 14.8 Å². The first-order chi connectivity index (χ1) is 19.8. The molecule has 2 aromatic carbocycles. The Morgan fingerprint density at radius 2 is 1.39 bits per heavy atom. The van der Waals surface area contributed by atoms with E-state index >= 15 is 0 Å². The molecule has 2 aliphatic rings. The van der Waals surface area contributed by atoms with E-state index in [0.29, 0.717) is 53.9 Å². The van der Waals surface area contributed by atoms with E-state index in [1.165, 1.54) is 0 Å². The van der Waals surface area contributed by atoms with E-state index in [4.69, 9.17) is 4.74 Å². The van der Waals surface area contributed by atoms with Crippen molar-refractivity contribution in [1.82, 2.24) is 25.3 Å². The third-order valence-electron chi connectivity index (χ3n) is 6.41. The number of aliphatic hydroxyl groups is 1. The zero-order valence-electron chi connectivity index (χ0n) is 23.1. The number of imidazole rings is 2. The van der Waals surface area contributed by atoms with Crippen molar-refractivity contribution in [2.75, 3.05) is 26.3 Å². The zero-order valence-corrected chi connectivity index (χ0v) is 23.1. The maximum Gasteiger partial charge on any atom is 0.340 e. The van der Waals surface area contributed by atoms with Crippen molar-refractivity contribution in [2.24, 2.45) is 9.98 Å². The molecule has 0 unspecified atom stereocenters. The van der Waals surface area contributed by atoms with Crippen LogP contribution in [0.4, 0.5) is 0 Å². The first-order valence-corrected chi connectivity index (χ1v) is 13.3. The van der Waals surface area contributed by atoms with Crippen molar-refractivity contribution in [1.29, 1.82) is 0 Å². The molecular weight excluding hydrogens is 522 g/mol. The molecule has 4 heterocycles. The number of para-hydroxylation sites is 4. The van der Waals surface area contributed by atoms with E-state index in [9.17, 15) is 14.7 Å². The van der Waals surface area contributed by atoms with E-state index in [1.54, 1.807) is 32.9 Å². The number of aromatic amines is 2. The van der Waals surface area contributed by atoms with Gasteiger partial charge in [-0.2, -0.15) is 0 Å². The van der Waals surface area contributed by atoms with Crippen LogP contribution in [-0.4, -0.2) is 80.2 Å². The lowest BCUT2D eigenvalue weighted by Gasteiger charge is -2.23. The first-order valence-electron chi connectivity index (χ1n) is 13.3. The molecule has 11 heteroatoms. The highest BCUT2D eigenvalue weighted by Gasteiger charge is 2.28. The molecule has 0 saturated carbocycles. The molecule has 2 aromatic heterocycles. The summed E-state index contributed by atoms with van der Waals surface area (Å²) in [5.41, 5.74) is 4.95. The van der Waals surface area contributed by atoms with Gasteiger partial charge in [0.2, 0.25) is 0 Å². The van der Waals surface area contributed by atoms with Gasteiger partial charge >= 0.3 is 5.97 Å². The molecule has 6 rings (SSSR count). The van der Waals surface area contributed by atoms with Gasteiger partial charge in [-0.15, -0.1) is 0 Å². The third kappa shape index (κ3) is 5.99. The predicted molar refractivity (Wildman–Crippen MR) is 157 cm³/mol. The van der Waals surface area contributed by atoms with E-state index in [-0.39, 0.29) is 18.5 Å². The number of rotatable bonds is 7. The topological polar surface area (TPSA) is 158 Å². The second kappa shape index (κ2) is 11.7. The average Bonchev–Trinajstić information content (AvgIpc) is 3.77. The fourth-order valence-corrected chi connectivity index (χ4v) is 4.36. The van der Waals surface area contributed by atoms with Crippen LogP contribution >= 0.6 is 0 Å². The lowest BCUT2D eigenvalue weighted by atomic mass is 10.0. The number of carbonyl (C=O) groups is 2. The number of fused-ring (bicyclic) bond motifs is 2. The molecule has 1 amide bonds. The van der Waals surface area contributed by atoms with Gasteiger partial charge < -0.3 is 25.1 Å². The van der Waals surface area contributed by atoms with Crippen LogP contribution in [0.25, 0.3) is 22.1 Å². The minimum absolute atomic E-state index is 0.136. The Kier molecular flexibility index (Phi) is 7.88. The minimum Gasteiger partial charge on any atom is -0.462 e. The lowest BCUT2D eigenvalue weighted by molar-refractivity contribution is -0.137. The molecule has 0 aliphatic carbocycles. The van der Waals surface area contributed by atoms with Gasteiger partial charge in [0.15, 0.2) is 11.6 Å². The van der Waals surface area contributed by atoms with Crippen molar-refractivity contribution in [3.63, 3.8) is 0 Å². The number of hydrogen-bond acceptors (Lipinski definition) is 8. The normalized spacial score (nSPS) is 14.6. The van der Waals surface area contributed by atoms with Crippen LogP contribution in [0.5, 0.6) is 0 Å². The third-order valence-corrected chi connectivity index (χ3v) is 6.41. The van der Waals surface area contributed by atoms with Gasteiger partial charge in [0, 0.05) is 0 Å². The van der Waals surface area contributed by atoms with Crippen LogP contribution in [-0.2, 0) is 14.3 Å². The average molecular weight is 554 g/mol. The van der Waals surface area contributed by atoms with Crippen molar-refractivity contribution in [3.05, 3.63) is 83.5 Å². The van der Waals surface area contributed by atoms with Crippen LogP contribution in [0.1, 0.15) is 32.4 Å². The monoisotopic (exact) mass is 553 g/mol. The second-order valence-corrected chi connectivity index (χ2v) is 10.0. The number of aliphatic hydroxyl groups excluding tert-OH is 1. The molecule has 0 radical (unpaired) electrons. The number of benzene rings is 2. The Labute approximate surface area is 236 Å². The molecule has 0 atom stereocenters. The van der Waals surface area contributed by atoms with Gasteiger partial charge in [0.05, 0.1) is 65.1 Å². The maximum atomic E-state index is 12.4. The van der Waals surface area contributed by atoms with Crippen LogP contribution < -0.4 is 5.32 Å². The van der Waals surface area contributed by atoms with Gasteiger partial charge in [-0.25, -0.2) is 14.8 Å². The quantitative estimate of drug-likeness (QED) is 0.258. The van der Waals surface area contributed by atoms with Crippen molar-refractivity contribution in [3.8, 4) is 0 Å². The zero-order chi connectivity index (χ0) is 29.0. The minimum atomic E-state index is -0.681. The van der Waals surface area contributed by atoms with Gasteiger partial charge in [-0.05, 0) is 57.2 Å². The fourth-order valence-electron chi connectivity index (χ4n) is 4.36. The highest BCUT2D eigenvalue weighted by Crippen LogP contribution is 2.19. The fraction of sp³-hybridized carbons (Fsp3) is 0.267.